The van der Waals surface area contributed by atoms with E-state index in [1.807, 2.05) is 26.0 Å². The zero-order valence-corrected chi connectivity index (χ0v) is 16.8. The number of hydrogen-bond donors (Lipinski definition) is 1. The predicted octanol–water partition coefficient (Wildman–Crippen LogP) is 4.65. The smallest absolute Gasteiger partial charge is 0.145 e. The third kappa shape index (κ3) is 5.10. The molecule has 1 N–H and O–H groups in total. The molecule has 2 aromatic carbocycles. The van der Waals surface area contributed by atoms with Crippen LogP contribution in [-0.4, -0.2) is 35.4 Å². The summed E-state index contributed by atoms with van der Waals surface area (Å²) in [5.41, 5.74) is 1.18. The van der Waals surface area contributed by atoms with Crippen molar-refractivity contribution in [3.8, 4) is 5.75 Å². The van der Waals surface area contributed by atoms with E-state index in [4.69, 9.17) is 4.74 Å². The number of anilines is 1. The summed E-state index contributed by atoms with van der Waals surface area (Å²) in [6.45, 7) is 7.77. The summed E-state index contributed by atoms with van der Waals surface area (Å²) in [5, 5.41) is 3.28. The Hall–Kier alpha value is -2.40. The van der Waals surface area contributed by atoms with Gasteiger partial charge in [0.1, 0.15) is 17.9 Å². The lowest BCUT2D eigenvalue weighted by Gasteiger charge is -2.43. The molecule has 150 valence electrons. The highest BCUT2D eigenvalue weighted by atomic mass is 19.1. The first kappa shape index (κ1) is 20.3. The topological polar surface area (TPSA) is 41.6 Å². The van der Waals surface area contributed by atoms with Crippen LogP contribution in [0, 0.1) is 5.82 Å². The molecule has 0 amide bonds. The molecule has 3 rings (SSSR count). The number of rotatable bonds is 7. The molecule has 0 radical (unpaired) electrons. The van der Waals surface area contributed by atoms with Crippen molar-refractivity contribution in [3.05, 3.63) is 59.9 Å². The molecule has 4 nitrogen and oxygen atoms in total. The average molecular weight is 384 g/mol. The van der Waals surface area contributed by atoms with Crippen molar-refractivity contribution in [2.24, 2.45) is 0 Å². The lowest BCUT2D eigenvalue weighted by Crippen LogP contribution is -2.53. The fraction of sp³-hybridized carbons (Fsp3) is 0.435. The third-order valence-electron chi connectivity index (χ3n) is 5.23. The van der Waals surface area contributed by atoms with Crippen molar-refractivity contribution in [1.29, 1.82) is 0 Å². The van der Waals surface area contributed by atoms with Crippen LogP contribution in [0.15, 0.2) is 48.5 Å². The van der Waals surface area contributed by atoms with E-state index in [1.54, 1.807) is 12.1 Å². The van der Waals surface area contributed by atoms with Crippen molar-refractivity contribution in [1.82, 2.24) is 4.90 Å². The Bertz CT molecular complexity index is 811. The molecule has 0 saturated carbocycles. The van der Waals surface area contributed by atoms with E-state index in [0.717, 1.165) is 25.1 Å². The minimum absolute atomic E-state index is 0.145. The number of carbonyl (C=O) groups excluding carboxylic acids is 1. The molecule has 28 heavy (non-hydrogen) atoms. The number of benzene rings is 2. The van der Waals surface area contributed by atoms with Gasteiger partial charge in [-0.05, 0) is 69.5 Å². The summed E-state index contributed by atoms with van der Waals surface area (Å²) < 4.78 is 19.3. The van der Waals surface area contributed by atoms with Crippen LogP contribution in [0.1, 0.15) is 39.2 Å². The van der Waals surface area contributed by atoms with E-state index in [2.05, 4.69) is 29.3 Å². The van der Waals surface area contributed by atoms with Gasteiger partial charge in [0, 0.05) is 24.8 Å². The number of hydrogen-bond acceptors (Lipinski definition) is 4. The fourth-order valence-corrected chi connectivity index (χ4v) is 3.88. The van der Waals surface area contributed by atoms with Gasteiger partial charge < -0.3 is 14.8 Å². The van der Waals surface area contributed by atoms with E-state index in [9.17, 15) is 9.18 Å². The minimum atomic E-state index is -0.660. The molecule has 1 saturated heterocycles. The van der Waals surface area contributed by atoms with Crippen LogP contribution in [-0.2, 0) is 11.3 Å². The first-order valence-electron chi connectivity index (χ1n) is 9.89. The summed E-state index contributed by atoms with van der Waals surface area (Å²) in [6.07, 6.45) is 2.49. The van der Waals surface area contributed by atoms with Crippen molar-refractivity contribution in [2.75, 3.05) is 11.9 Å². The maximum atomic E-state index is 13.5. The summed E-state index contributed by atoms with van der Waals surface area (Å²) in [7, 11) is 0. The molecule has 1 heterocycles. The molecular weight excluding hydrogens is 355 g/mol. The molecule has 0 aromatic heterocycles. The Labute approximate surface area is 166 Å². The van der Waals surface area contributed by atoms with E-state index in [1.165, 1.54) is 17.7 Å². The number of piperidine rings is 1. The number of carbonyl (C=O) groups is 1. The average Bonchev–Trinajstić information content (AvgIpc) is 2.64. The van der Waals surface area contributed by atoms with Gasteiger partial charge in [-0.1, -0.05) is 18.2 Å². The number of nitrogens with one attached hydrogen (secondary N) is 1. The molecule has 1 aliphatic rings. The molecule has 0 spiro atoms. The van der Waals surface area contributed by atoms with Gasteiger partial charge >= 0.3 is 0 Å². The maximum absolute atomic E-state index is 13.5. The van der Waals surface area contributed by atoms with Gasteiger partial charge in [-0.3, -0.25) is 4.90 Å². The maximum Gasteiger partial charge on any atom is 0.145 e. The molecule has 2 aromatic rings. The monoisotopic (exact) mass is 384 g/mol. The number of ether oxygens (including phenoxy) is 1. The SMILES string of the molecule is CC(C)Oc1cccc(CN2CCC(C=O)(Nc3cccc(F)c3)CC2C)c1. The zero-order valence-electron chi connectivity index (χ0n) is 16.8. The second-order valence-electron chi connectivity index (χ2n) is 8.00. The highest BCUT2D eigenvalue weighted by Crippen LogP contribution is 2.30. The quantitative estimate of drug-likeness (QED) is 0.706. The van der Waals surface area contributed by atoms with Crippen LogP contribution in [0.4, 0.5) is 10.1 Å². The molecule has 1 fully saturated rings. The molecule has 0 bridgehead atoms. The number of likely N-dealkylation sites (tertiary alicyclic amines) is 1. The summed E-state index contributed by atoms with van der Waals surface area (Å²) in [4.78, 5) is 14.3. The molecule has 0 aliphatic carbocycles. The van der Waals surface area contributed by atoms with E-state index < -0.39 is 5.54 Å². The van der Waals surface area contributed by atoms with Gasteiger partial charge in [-0.2, -0.15) is 0 Å². The van der Waals surface area contributed by atoms with Crippen LogP contribution < -0.4 is 10.1 Å². The Morgan fingerprint density at radius 3 is 2.75 bits per heavy atom. The minimum Gasteiger partial charge on any atom is -0.491 e. The Balaban J connectivity index is 1.66. The Morgan fingerprint density at radius 1 is 1.29 bits per heavy atom. The lowest BCUT2D eigenvalue weighted by molar-refractivity contribution is -0.113. The molecule has 5 heteroatoms. The second kappa shape index (κ2) is 8.74. The van der Waals surface area contributed by atoms with Crippen molar-refractivity contribution >= 4 is 12.0 Å². The first-order chi connectivity index (χ1) is 13.4. The van der Waals surface area contributed by atoms with Crippen molar-refractivity contribution < 1.29 is 13.9 Å². The fourth-order valence-electron chi connectivity index (χ4n) is 3.88. The largest absolute Gasteiger partial charge is 0.491 e. The molecular formula is C23H29FN2O2. The van der Waals surface area contributed by atoms with Crippen LogP contribution >= 0.6 is 0 Å². The normalized spacial score (nSPS) is 22.8. The summed E-state index contributed by atoms with van der Waals surface area (Å²) in [5.74, 6) is 0.576. The van der Waals surface area contributed by atoms with Gasteiger partial charge in [-0.15, -0.1) is 0 Å². The lowest BCUT2D eigenvalue weighted by atomic mass is 9.84. The van der Waals surface area contributed by atoms with Crippen molar-refractivity contribution in [2.45, 2.75) is 57.8 Å². The standard InChI is InChI=1S/C23H29FN2O2/c1-17(2)28-22-9-4-6-19(12-22)15-26-11-10-23(16-27,14-18(26)3)25-21-8-5-7-20(24)13-21/h4-9,12-13,16-18,25H,10-11,14-15H2,1-3H3. The van der Waals surface area contributed by atoms with Gasteiger partial charge in [0.2, 0.25) is 0 Å². The summed E-state index contributed by atoms with van der Waals surface area (Å²) >= 11 is 0. The number of nitrogens with zero attached hydrogens (tertiary/aromatic N) is 1. The van der Waals surface area contributed by atoms with E-state index in [-0.39, 0.29) is 18.0 Å². The van der Waals surface area contributed by atoms with Gasteiger partial charge in [0.15, 0.2) is 0 Å². The Kier molecular flexibility index (Phi) is 6.35. The predicted molar refractivity (Wildman–Crippen MR) is 110 cm³/mol. The van der Waals surface area contributed by atoms with Crippen molar-refractivity contribution in [3.63, 3.8) is 0 Å². The third-order valence-corrected chi connectivity index (χ3v) is 5.23. The van der Waals surface area contributed by atoms with Crippen LogP contribution in [0.3, 0.4) is 0 Å². The zero-order chi connectivity index (χ0) is 20.1. The Morgan fingerprint density at radius 2 is 2.07 bits per heavy atom. The molecule has 1 aliphatic heterocycles. The summed E-state index contributed by atoms with van der Waals surface area (Å²) in [6, 6.07) is 14.7. The van der Waals surface area contributed by atoms with Crippen LogP contribution in [0.5, 0.6) is 5.75 Å². The highest BCUT2D eigenvalue weighted by molar-refractivity contribution is 5.71. The van der Waals surface area contributed by atoms with Crippen LogP contribution in [0.25, 0.3) is 0 Å². The number of aldehydes is 1. The molecule has 2 atom stereocenters. The van der Waals surface area contributed by atoms with E-state index in [0.29, 0.717) is 18.5 Å². The van der Waals surface area contributed by atoms with Gasteiger partial charge in [0.05, 0.1) is 11.6 Å². The number of halogens is 1. The second-order valence-corrected chi connectivity index (χ2v) is 8.00. The first-order valence-corrected chi connectivity index (χ1v) is 9.89. The highest BCUT2D eigenvalue weighted by Gasteiger charge is 2.38. The van der Waals surface area contributed by atoms with E-state index >= 15 is 0 Å². The van der Waals surface area contributed by atoms with Gasteiger partial charge in [-0.25, -0.2) is 4.39 Å². The van der Waals surface area contributed by atoms with Crippen LogP contribution in [0.2, 0.25) is 0 Å². The molecule has 2 unspecified atom stereocenters. The van der Waals surface area contributed by atoms with Gasteiger partial charge in [0.25, 0.3) is 0 Å².